The maximum Gasteiger partial charge on any atom is 0.224 e. The molecule has 18 heavy (non-hydrogen) atoms. The van der Waals surface area contributed by atoms with E-state index >= 15 is 0 Å². The van der Waals surface area contributed by atoms with Gasteiger partial charge in [-0.1, -0.05) is 12.1 Å². The molecule has 1 aromatic carbocycles. The van der Waals surface area contributed by atoms with Crippen LogP contribution in [-0.4, -0.2) is 30.6 Å². The Bertz CT molecular complexity index is 383. The molecule has 1 unspecified atom stereocenters. The first-order valence-corrected chi connectivity index (χ1v) is 6.49. The Kier molecular flexibility index (Phi) is 4.59. The summed E-state index contributed by atoms with van der Waals surface area (Å²) >= 11 is 0. The van der Waals surface area contributed by atoms with E-state index in [-0.39, 0.29) is 11.7 Å². The highest BCUT2D eigenvalue weighted by Gasteiger charge is 2.13. The molecule has 1 fully saturated rings. The van der Waals surface area contributed by atoms with Crippen molar-refractivity contribution >= 4 is 5.91 Å². The predicted octanol–water partition coefficient (Wildman–Crippen LogP) is 1.05. The minimum absolute atomic E-state index is 0.0475. The number of rotatable bonds is 4. The van der Waals surface area contributed by atoms with Crippen LogP contribution in [-0.2, 0) is 11.2 Å². The zero-order valence-electron chi connectivity index (χ0n) is 10.5. The molecule has 4 heteroatoms. The molecule has 0 aromatic heterocycles. The molecule has 3 N–H and O–H groups in total. The van der Waals surface area contributed by atoms with Gasteiger partial charge in [-0.3, -0.25) is 4.79 Å². The number of amides is 1. The summed E-state index contributed by atoms with van der Waals surface area (Å²) in [5, 5.41) is 15.5. The standard InChI is InChI=1S/C14H20N2O2/c17-13-5-3-11(4-6-13)8-14(18)16-10-12-2-1-7-15-9-12/h3-6,12,15,17H,1-2,7-10H2,(H,16,18). The molecule has 1 atom stereocenters. The molecule has 1 saturated heterocycles. The van der Waals surface area contributed by atoms with Crippen molar-refractivity contribution in [2.24, 2.45) is 5.92 Å². The summed E-state index contributed by atoms with van der Waals surface area (Å²) in [5.74, 6) is 0.834. The van der Waals surface area contributed by atoms with Crippen molar-refractivity contribution in [3.63, 3.8) is 0 Å². The maximum absolute atomic E-state index is 11.7. The van der Waals surface area contributed by atoms with Crippen LogP contribution in [0.25, 0.3) is 0 Å². The van der Waals surface area contributed by atoms with Gasteiger partial charge in [0.05, 0.1) is 6.42 Å². The first kappa shape index (κ1) is 12.9. The van der Waals surface area contributed by atoms with E-state index in [1.807, 2.05) is 0 Å². The second kappa shape index (κ2) is 6.40. The van der Waals surface area contributed by atoms with Gasteiger partial charge in [0.2, 0.25) is 5.91 Å². The Morgan fingerprint density at radius 3 is 2.83 bits per heavy atom. The van der Waals surface area contributed by atoms with Crippen LogP contribution >= 0.6 is 0 Å². The SMILES string of the molecule is O=C(Cc1ccc(O)cc1)NCC1CCCNC1. The minimum Gasteiger partial charge on any atom is -0.508 e. The Hall–Kier alpha value is -1.55. The number of carbonyl (C=O) groups excluding carboxylic acids is 1. The molecule has 1 amide bonds. The van der Waals surface area contributed by atoms with Gasteiger partial charge in [0.15, 0.2) is 0 Å². The Balaban J connectivity index is 1.73. The number of nitrogens with one attached hydrogen (secondary N) is 2. The van der Waals surface area contributed by atoms with E-state index in [1.165, 1.54) is 12.8 Å². The fourth-order valence-electron chi connectivity index (χ4n) is 2.22. The van der Waals surface area contributed by atoms with Crippen LogP contribution in [0, 0.1) is 5.92 Å². The zero-order valence-corrected chi connectivity index (χ0v) is 10.5. The van der Waals surface area contributed by atoms with Gasteiger partial charge in [0.25, 0.3) is 0 Å². The molecular formula is C14H20N2O2. The molecule has 0 aliphatic carbocycles. The monoisotopic (exact) mass is 248 g/mol. The summed E-state index contributed by atoms with van der Waals surface area (Å²) in [6, 6.07) is 6.76. The molecule has 0 spiro atoms. The quantitative estimate of drug-likeness (QED) is 0.746. The highest BCUT2D eigenvalue weighted by atomic mass is 16.3. The molecule has 1 aliphatic rings. The molecular weight excluding hydrogens is 228 g/mol. The van der Waals surface area contributed by atoms with E-state index in [0.29, 0.717) is 12.3 Å². The summed E-state index contributed by atoms with van der Waals surface area (Å²) in [6.07, 6.45) is 2.76. The number of aromatic hydroxyl groups is 1. The molecule has 1 aromatic rings. The Labute approximate surface area is 107 Å². The third-order valence-electron chi connectivity index (χ3n) is 3.29. The van der Waals surface area contributed by atoms with Gasteiger partial charge in [-0.2, -0.15) is 0 Å². The molecule has 1 aliphatic heterocycles. The highest BCUT2D eigenvalue weighted by Crippen LogP contribution is 2.11. The Morgan fingerprint density at radius 1 is 1.39 bits per heavy atom. The summed E-state index contributed by atoms with van der Waals surface area (Å²) in [4.78, 5) is 11.7. The zero-order chi connectivity index (χ0) is 12.8. The van der Waals surface area contributed by atoms with Crippen LogP contribution in [0.1, 0.15) is 18.4 Å². The van der Waals surface area contributed by atoms with Gasteiger partial charge in [0.1, 0.15) is 5.75 Å². The lowest BCUT2D eigenvalue weighted by molar-refractivity contribution is -0.120. The first-order valence-electron chi connectivity index (χ1n) is 6.49. The summed E-state index contributed by atoms with van der Waals surface area (Å²) in [6.45, 7) is 2.85. The van der Waals surface area contributed by atoms with Gasteiger partial charge in [-0.15, -0.1) is 0 Å². The van der Waals surface area contributed by atoms with E-state index in [1.54, 1.807) is 24.3 Å². The van der Waals surface area contributed by atoms with Crippen molar-refractivity contribution < 1.29 is 9.90 Å². The summed E-state index contributed by atoms with van der Waals surface area (Å²) in [7, 11) is 0. The lowest BCUT2D eigenvalue weighted by Gasteiger charge is -2.22. The van der Waals surface area contributed by atoms with Crippen molar-refractivity contribution in [3.05, 3.63) is 29.8 Å². The van der Waals surface area contributed by atoms with Crippen molar-refractivity contribution in [3.8, 4) is 5.75 Å². The summed E-state index contributed by atoms with van der Waals surface area (Å²) < 4.78 is 0. The maximum atomic E-state index is 11.7. The van der Waals surface area contributed by atoms with E-state index < -0.39 is 0 Å². The van der Waals surface area contributed by atoms with Crippen molar-refractivity contribution in [2.75, 3.05) is 19.6 Å². The second-order valence-corrected chi connectivity index (χ2v) is 4.86. The molecule has 4 nitrogen and oxygen atoms in total. The van der Waals surface area contributed by atoms with Gasteiger partial charge >= 0.3 is 0 Å². The van der Waals surface area contributed by atoms with E-state index in [2.05, 4.69) is 10.6 Å². The van der Waals surface area contributed by atoms with Gasteiger partial charge in [-0.25, -0.2) is 0 Å². The van der Waals surface area contributed by atoms with Crippen LogP contribution in [0.3, 0.4) is 0 Å². The lowest BCUT2D eigenvalue weighted by atomic mass is 10.00. The number of phenols is 1. The molecule has 0 radical (unpaired) electrons. The van der Waals surface area contributed by atoms with Crippen molar-refractivity contribution in [1.29, 1.82) is 0 Å². The first-order chi connectivity index (χ1) is 8.74. The average Bonchev–Trinajstić information content (AvgIpc) is 2.40. The van der Waals surface area contributed by atoms with Crippen LogP contribution in [0.2, 0.25) is 0 Å². The fraction of sp³-hybridized carbons (Fsp3) is 0.500. The molecule has 1 heterocycles. The number of hydrogen-bond donors (Lipinski definition) is 3. The predicted molar refractivity (Wildman–Crippen MR) is 70.4 cm³/mol. The fourth-order valence-corrected chi connectivity index (χ4v) is 2.22. The lowest BCUT2D eigenvalue weighted by Crippen LogP contribution is -2.38. The van der Waals surface area contributed by atoms with Gasteiger partial charge in [0, 0.05) is 6.54 Å². The van der Waals surface area contributed by atoms with E-state index in [4.69, 9.17) is 5.11 Å². The second-order valence-electron chi connectivity index (χ2n) is 4.86. The normalized spacial score (nSPS) is 19.4. The van der Waals surface area contributed by atoms with Crippen LogP contribution in [0.15, 0.2) is 24.3 Å². The number of piperidine rings is 1. The highest BCUT2D eigenvalue weighted by molar-refractivity contribution is 5.78. The smallest absolute Gasteiger partial charge is 0.224 e. The number of phenolic OH excluding ortho intramolecular Hbond substituents is 1. The molecule has 98 valence electrons. The third kappa shape index (κ3) is 4.04. The minimum atomic E-state index is 0.0475. The summed E-state index contributed by atoms with van der Waals surface area (Å²) in [5.41, 5.74) is 0.923. The van der Waals surface area contributed by atoms with Crippen LogP contribution < -0.4 is 10.6 Å². The average molecular weight is 248 g/mol. The number of carbonyl (C=O) groups is 1. The molecule has 0 saturated carbocycles. The number of hydrogen-bond acceptors (Lipinski definition) is 3. The van der Waals surface area contributed by atoms with E-state index in [9.17, 15) is 4.79 Å². The van der Waals surface area contributed by atoms with Crippen molar-refractivity contribution in [1.82, 2.24) is 10.6 Å². The number of benzene rings is 1. The topological polar surface area (TPSA) is 61.4 Å². The van der Waals surface area contributed by atoms with Gasteiger partial charge < -0.3 is 15.7 Å². The molecule has 0 bridgehead atoms. The van der Waals surface area contributed by atoms with Crippen LogP contribution in [0.5, 0.6) is 5.75 Å². The third-order valence-corrected chi connectivity index (χ3v) is 3.29. The largest absolute Gasteiger partial charge is 0.508 e. The Morgan fingerprint density at radius 2 is 2.17 bits per heavy atom. The van der Waals surface area contributed by atoms with Crippen LogP contribution in [0.4, 0.5) is 0 Å². The van der Waals surface area contributed by atoms with Gasteiger partial charge in [-0.05, 0) is 49.5 Å². The van der Waals surface area contributed by atoms with Crippen molar-refractivity contribution in [2.45, 2.75) is 19.3 Å². The molecule has 2 rings (SSSR count). The van der Waals surface area contributed by atoms with E-state index in [0.717, 1.165) is 25.2 Å².